The number of ether oxygens (including phenoxy) is 2. The van der Waals surface area contributed by atoms with Gasteiger partial charge in [-0.2, -0.15) is 0 Å². The lowest BCUT2D eigenvalue weighted by molar-refractivity contribution is -0.138. The summed E-state index contributed by atoms with van der Waals surface area (Å²) in [6.07, 6.45) is 5.90. The van der Waals surface area contributed by atoms with Gasteiger partial charge in [-0.05, 0) is 54.3 Å². The fourth-order valence-electron chi connectivity index (χ4n) is 3.01. The Kier molecular flexibility index (Phi) is 9.38. The minimum absolute atomic E-state index is 0.263. The SMILES string of the molecule is CCOC(=O)/C=C\c1cccc(/C=C\C(=O)OCC)c1-c1ccccc1C(=O)N(C)OC. The minimum atomic E-state index is -0.477. The zero-order valence-corrected chi connectivity index (χ0v) is 18.7. The second-order valence-electron chi connectivity index (χ2n) is 6.51. The van der Waals surface area contributed by atoms with Gasteiger partial charge in [-0.25, -0.2) is 14.7 Å². The number of carbonyl (C=O) groups excluding carboxylic acids is 3. The summed E-state index contributed by atoms with van der Waals surface area (Å²) in [5.74, 6) is -1.30. The van der Waals surface area contributed by atoms with Crippen LogP contribution in [0.15, 0.2) is 54.6 Å². The topological polar surface area (TPSA) is 82.1 Å². The quantitative estimate of drug-likeness (QED) is 0.333. The largest absolute Gasteiger partial charge is 0.463 e. The summed E-state index contributed by atoms with van der Waals surface area (Å²) in [4.78, 5) is 41.7. The maximum atomic E-state index is 12.9. The molecule has 0 aliphatic heterocycles. The smallest absolute Gasteiger partial charge is 0.330 e. The maximum absolute atomic E-state index is 12.9. The standard InChI is InChI=1S/C25H27NO6/c1-5-31-22(27)16-14-18-10-9-11-19(15-17-23(28)32-6-2)24(18)20-12-7-8-13-21(20)25(29)26(3)30-4/h7-17H,5-6H2,1-4H3/b16-14-,17-15-. The van der Waals surface area contributed by atoms with E-state index < -0.39 is 11.9 Å². The van der Waals surface area contributed by atoms with Crippen LogP contribution in [0.5, 0.6) is 0 Å². The van der Waals surface area contributed by atoms with E-state index >= 15 is 0 Å². The second kappa shape index (κ2) is 12.2. The molecule has 0 spiro atoms. The van der Waals surface area contributed by atoms with Crippen molar-refractivity contribution < 1.29 is 28.7 Å². The molecule has 2 rings (SSSR count). The predicted octanol–water partition coefficient (Wildman–Crippen LogP) is 4.14. The van der Waals surface area contributed by atoms with Crippen LogP contribution in [-0.2, 0) is 23.9 Å². The van der Waals surface area contributed by atoms with Gasteiger partial charge < -0.3 is 9.47 Å². The molecule has 32 heavy (non-hydrogen) atoms. The van der Waals surface area contributed by atoms with Gasteiger partial charge in [0.05, 0.1) is 20.3 Å². The number of hydrogen-bond acceptors (Lipinski definition) is 6. The number of esters is 2. The van der Waals surface area contributed by atoms with Crippen molar-refractivity contribution in [2.45, 2.75) is 13.8 Å². The van der Waals surface area contributed by atoms with Crippen molar-refractivity contribution in [2.24, 2.45) is 0 Å². The molecule has 1 amide bonds. The van der Waals surface area contributed by atoms with Crippen molar-refractivity contribution in [3.63, 3.8) is 0 Å². The third-order valence-electron chi connectivity index (χ3n) is 4.49. The summed E-state index contributed by atoms with van der Waals surface area (Å²) in [6.45, 7) is 3.98. The average Bonchev–Trinajstić information content (AvgIpc) is 2.80. The molecule has 168 valence electrons. The van der Waals surface area contributed by atoms with Crippen LogP contribution >= 0.6 is 0 Å². The summed E-state index contributed by atoms with van der Waals surface area (Å²) >= 11 is 0. The fourth-order valence-corrected chi connectivity index (χ4v) is 3.01. The van der Waals surface area contributed by atoms with E-state index in [4.69, 9.17) is 14.3 Å². The van der Waals surface area contributed by atoms with Gasteiger partial charge in [0, 0.05) is 24.8 Å². The summed E-state index contributed by atoms with van der Waals surface area (Å²) in [6, 6.07) is 12.5. The Hall–Kier alpha value is -3.71. The number of amides is 1. The van der Waals surface area contributed by atoms with E-state index in [0.717, 1.165) is 5.06 Å². The highest BCUT2D eigenvalue weighted by molar-refractivity contribution is 6.03. The Morgan fingerprint density at radius 2 is 1.38 bits per heavy atom. The van der Waals surface area contributed by atoms with Crippen molar-refractivity contribution in [1.82, 2.24) is 5.06 Å². The van der Waals surface area contributed by atoms with Crippen LogP contribution in [0.3, 0.4) is 0 Å². The molecule has 7 nitrogen and oxygen atoms in total. The van der Waals surface area contributed by atoms with Gasteiger partial charge in [0.25, 0.3) is 5.91 Å². The monoisotopic (exact) mass is 437 g/mol. The van der Waals surface area contributed by atoms with Crippen molar-refractivity contribution in [2.75, 3.05) is 27.4 Å². The molecule has 2 aromatic carbocycles. The van der Waals surface area contributed by atoms with Gasteiger partial charge in [-0.1, -0.05) is 36.4 Å². The van der Waals surface area contributed by atoms with E-state index in [2.05, 4.69) is 0 Å². The Bertz CT molecular complexity index is 979. The van der Waals surface area contributed by atoms with E-state index in [1.807, 2.05) is 18.2 Å². The van der Waals surface area contributed by atoms with Crippen LogP contribution in [0.25, 0.3) is 23.3 Å². The number of nitrogens with zero attached hydrogens (tertiary/aromatic N) is 1. The van der Waals surface area contributed by atoms with Crippen LogP contribution in [0.4, 0.5) is 0 Å². The molecule has 0 radical (unpaired) electrons. The van der Waals surface area contributed by atoms with E-state index in [1.165, 1.54) is 26.3 Å². The fraction of sp³-hybridized carbons (Fsp3) is 0.240. The molecule has 2 aromatic rings. The first-order valence-electron chi connectivity index (χ1n) is 10.2. The van der Waals surface area contributed by atoms with Crippen molar-refractivity contribution >= 4 is 30.0 Å². The first-order chi connectivity index (χ1) is 15.4. The molecule has 0 saturated heterocycles. The molecular formula is C25H27NO6. The Morgan fingerprint density at radius 1 is 0.844 bits per heavy atom. The zero-order valence-electron chi connectivity index (χ0n) is 18.7. The van der Waals surface area contributed by atoms with Crippen LogP contribution in [0.1, 0.15) is 35.3 Å². The first kappa shape index (κ1) is 24.6. The highest BCUT2D eigenvalue weighted by Crippen LogP contribution is 2.33. The van der Waals surface area contributed by atoms with Gasteiger partial charge in [0.2, 0.25) is 0 Å². The molecule has 0 bridgehead atoms. The van der Waals surface area contributed by atoms with Crippen molar-refractivity contribution in [1.29, 1.82) is 0 Å². The molecule has 0 unspecified atom stereocenters. The van der Waals surface area contributed by atoms with Crippen LogP contribution < -0.4 is 0 Å². The number of hydroxylamine groups is 2. The molecule has 7 heteroatoms. The van der Waals surface area contributed by atoms with E-state index in [-0.39, 0.29) is 19.1 Å². The molecule has 0 atom stereocenters. The molecule has 0 heterocycles. The number of rotatable bonds is 9. The van der Waals surface area contributed by atoms with Gasteiger partial charge in [0.1, 0.15) is 0 Å². The first-order valence-corrected chi connectivity index (χ1v) is 10.2. The van der Waals surface area contributed by atoms with E-state index in [0.29, 0.717) is 27.8 Å². The average molecular weight is 437 g/mol. The highest BCUT2D eigenvalue weighted by atomic mass is 16.7. The molecule has 0 saturated carbocycles. The van der Waals surface area contributed by atoms with Crippen LogP contribution in [0.2, 0.25) is 0 Å². The van der Waals surface area contributed by atoms with Crippen molar-refractivity contribution in [3.05, 3.63) is 71.3 Å². The lowest BCUT2D eigenvalue weighted by Crippen LogP contribution is -2.26. The number of benzene rings is 2. The van der Waals surface area contributed by atoms with Crippen molar-refractivity contribution in [3.8, 4) is 11.1 Å². The Balaban J connectivity index is 2.69. The lowest BCUT2D eigenvalue weighted by atomic mass is 9.90. The predicted molar refractivity (Wildman–Crippen MR) is 122 cm³/mol. The van der Waals surface area contributed by atoms with E-state index in [1.54, 1.807) is 50.3 Å². The Labute approximate surface area is 187 Å². The summed E-state index contributed by atoms with van der Waals surface area (Å²) in [5.41, 5.74) is 3.03. The normalized spacial score (nSPS) is 11.0. The van der Waals surface area contributed by atoms with Gasteiger partial charge in [0.15, 0.2) is 0 Å². The van der Waals surface area contributed by atoms with Crippen LogP contribution in [-0.4, -0.2) is 50.3 Å². The molecule has 0 aliphatic carbocycles. The Morgan fingerprint density at radius 3 is 1.88 bits per heavy atom. The molecule has 0 N–H and O–H groups in total. The van der Waals surface area contributed by atoms with Gasteiger partial charge in [-0.3, -0.25) is 9.63 Å². The van der Waals surface area contributed by atoms with Gasteiger partial charge >= 0.3 is 11.9 Å². The second-order valence-corrected chi connectivity index (χ2v) is 6.51. The number of carbonyl (C=O) groups is 3. The molecule has 0 aliphatic rings. The highest BCUT2D eigenvalue weighted by Gasteiger charge is 2.19. The maximum Gasteiger partial charge on any atom is 0.330 e. The number of hydrogen-bond donors (Lipinski definition) is 0. The van der Waals surface area contributed by atoms with Gasteiger partial charge in [-0.15, -0.1) is 0 Å². The minimum Gasteiger partial charge on any atom is -0.463 e. The zero-order chi connectivity index (χ0) is 23.5. The summed E-state index contributed by atoms with van der Waals surface area (Å²) < 4.78 is 9.95. The summed E-state index contributed by atoms with van der Waals surface area (Å²) in [5, 5.41) is 1.13. The van der Waals surface area contributed by atoms with Crippen LogP contribution in [0, 0.1) is 0 Å². The third-order valence-corrected chi connectivity index (χ3v) is 4.49. The summed E-state index contributed by atoms with van der Waals surface area (Å²) in [7, 11) is 2.93. The molecular weight excluding hydrogens is 410 g/mol. The molecule has 0 fully saturated rings. The molecule has 0 aromatic heterocycles. The third kappa shape index (κ3) is 6.39. The lowest BCUT2D eigenvalue weighted by Gasteiger charge is -2.18. The van der Waals surface area contributed by atoms with E-state index in [9.17, 15) is 14.4 Å².